The van der Waals surface area contributed by atoms with Gasteiger partial charge >= 0.3 is 5.97 Å². The van der Waals surface area contributed by atoms with Crippen molar-refractivity contribution < 1.29 is 20.2 Å². The average molecular weight is 309 g/mol. The number of carboxylic acid groups (broad SMARTS) is 1. The van der Waals surface area contributed by atoms with E-state index in [1.807, 2.05) is 23.1 Å². The van der Waals surface area contributed by atoms with Gasteiger partial charge < -0.3 is 21.6 Å². The van der Waals surface area contributed by atoms with E-state index in [4.69, 9.17) is 10.4 Å². The summed E-state index contributed by atoms with van der Waals surface area (Å²) in [7, 11) is 0. The Morgan fingerprint density at radius 2 is 1.91 bits per heavy atom. The van der Waals surface area contributed by atoms with Crippen molar-refractivity contribution in [2.45, 2.75) is 32.2 Å². The van der Waals surface area contributed by atoms with Gasteiger partial charge in [-0.3, -0.25) is 9.59 Å². The molecule has 122 valence electrons. The van der Waals surface area contributed by atoms with Crippen molar-refractivity contribution in [3.8, 4) is 6.07 Å². The molecule has 0 unspecified atom stereocenters. The normalized spacial score (nSPS) is 12.7. The summed E-state index contributed by atoms with van der Waals surface area (Å²) in [5.41, 5.74) is 1.22. The fourth-order valence-electron chi connectivity index (χ4n) is 1.90. The van der Waals surface area contributed by atoms with E-state index < -0.39 is 12.4 Å². The van der Waals surface area contributed by atoms with E-state index in [1.54, 1.807) is 0 Å². The molecule has 0 spiro atoms. The van der Waals surface area contributed by atoms with Crippen molar-refractivity contribution >= 4 is 11.9 Å². The zero-order valence-corrected chi connectivity index (χ0v) is 12.5. The molecule has 1 heterocycles. The van der Waals surface area contributed by atoms with E-state index in [2.05, 4.69) is 12.1 Å². The van der Waals surface area contributed by atoms with E-state index in [-0.39, 0.29) is 11.6 Å². The summed E-state index contributed by atoms with van der Waals surface area (Å²) in [6.07, 6.45) is 2.54. The molecule has 0 aromatic heterocycles. The Morgan fingerprint density at radius 3 is 2.36 bits per heavy atom. The van der Waals surface area contributed by atoms with Crippen LogP contribution in [0.15, 0.2) is 30.3 Å². The molecule has 0 bridgehead atoms. The SMILES string of the molecule is N.N#CCC(=O)O.O.O=C1CCCCN1Cc1ccccc1. The standard InChI is InChI=1S/C12H15NO.C3H3NO2.H3N.H2O/c14-12-8-4-5-9-13(12)10-11-6-2-1-3-7-11;4-2-1-3(5)6;;/h1-3,6-7H,4-5,8-10H2;1H2,(H,5,6);1H3;1H2. The van der Waals surface area contributed by atoms with Crippen molar-refractivity contribution in [2.24, 2.45) is 0 Å². The Labute approximate surface area is 130 Å². The number of rotatable bonds is 3. The Morgan fingerprint density at radius 1 is 1.27 bits per heavy atom. The number of aliphatic carboxylic acids is 1. The van der Waals surface area contributed by atoms with Crippen LogP contribution >= 0.6 is 0 Å². The Bertz CT molecular complexity index is 485. The van der Waals surface area contributed by atoms with Gasteiger partial charge in [-0.15, -0.1) is 0 Å². The molecule has 1 aromatic carbocycles. The molecule has 1 aliphatic rings. The van der Waals surface area contributed by atoms with Crippen LogP contribution in [0.25, 0.3) is 0 Å². The van der Waals surface area contributed by atoms with Crippen molar-refractivity contribution in [2.75, 3.05) is 6.54 Å². The molecule has 0 radical (unpaired) electrons. The fourth-order valence-corrected chi connectivity index (χ4v) is 1.90. The molecular formula is C15H23N3O4. The Hall–Kier alpha value is -2.43. The van der Waals surface area contributed by atoms with Crippen LogP contribution in [-0.4, -0.2) is 33.9 Å². The molecule has 6 N–H and O–H groups in total. The molecular weight excluding hydrogens is 286 g/mol. The fraction of sp³-hybridized carbons (Fsp3) is 0.400. The first-order valence-corrected chi connectivity index (χ1v) is 6.54. The molecule has 2 rings (SSSR count). The number of carbonyl (C=O) groups excluding carboxylic acids is 1. The lowest BCUT2D eigenvalue weighted by Crippen LogP contribution is -2.34. The van der Waals surface area contributed by atoms with Crippen molar-refractivity contribution in [3.63, 3.8) is 0 Å². The molecule has 0 aliphatic carbocycles. The Kier molecular flexibility index (Phi) is 12.2. The van der Waals surface area contributed by atoms with E-state index in [0.717, 1.165) is 32.4 Å². The largest absolute Gasteiger partial charge is 0.480 e. The highest BCUT2D eigenvalue weighted by Gasteiger charge is 2.17. The molecule has 7 nitrogen and oxygen atoms in total. The summed E-state index contributed by atoms with van der Waals surface area (Å²) in [5, 5.41) is 15.3. The lowest BCUT2D eigenvalue weighted by atomic mass is 10.1. The van der Waals surface area contributed by atoms with Crippen LogP contribution in [-0.2, 0) is 16.1 Å². The van der Waals surface area contributed by atoms with Gasteiger partial charge in [-0.25, -0.2) is 0 Å². The highest BCUT2D eigenvalue weighted by atomic mass is 16.4. The maximum absolute atomic E-state index is 11.5. The molecule has 1 aromatic rings. The molecule has 1 fully saturated rings. The van der Waals surface area contributed by atoms with Crippen molar-refractivity contribution in [1.82, 2.24) is 11.1 Å². The second kappa shape index (κ2) is 12.3. The third-order valence-corrected chi connectivity index (χ3v) is 2.87. The highest BCUT2D eigenvalue weighted by Crippen LogP contribution is 2.13. The molecule has 22 heavy (non-hydrogen) atoms. The van der Waals surface area contributed by atoms with Crippen LogP contribution in [0.1, 0.15) is 31.2 Å². The maximum atomic E-state index is 11.5. The van der Waals surface area contributed by atoms with Crippen LogP contribution in [0, 0.1) is 11.3 Å². The third-order valence-electron chi connectivity index (χ3n) is 2.87. The van der Waals surface area contributed by atoms with Crippen LogP contribution in [0.2, 0.25) is 0 Å². The van der Waals surface area contributed by atoms with Gasteiger partial charge in [-0.05, 0) is 18.4 Å². The van der Waals surface area contributed by atoms with Gasteiger partial charge in [0.25, 0.3) is 0 Å². The number of nitrogens with zero attached hydrogens (tertiary/aromatic N) is 2. The number of likely N-dealkylation sites (tertiary alicyclic amines) is 1. The predicted octanol–water partition coefficient (Wildman–Crippen LogP) is 1.52. The van der Waals surface area contributed by atoms with Crippen LogP contribution < -0.4 is 6.15 Å². The van der Waals surface area contributed by atoms with Gasteiger partial charge in [0.2, 0.25) is 5.91 Å². The van der Waals surface area contributed by atoms with E-state index in [9.17, 15) is 9.59 Å². The summed E-state index contributed by atoms with van der Waals surface area (Å²) in [6, 6.07) is 11.6. The summed E-state index contributed by atoms with van der Waals surface area (Å²) >= 11 is 0. The van der Waals surface area contributed by atoms with Crippen LogP contribution in [0.3, 0.4) is 0 Å². The van der Waals surface area contributed by atoms with Gasteiger partial charge in [0.05, 0.1) is 6.07 Å². The van der Waals surface area contributed by atoms with Crippen LogP contribution in [0.5, 0.6) is 0 Å². The summed E-state index contributed by atoms with van der Waals surface area (Å²) in [5.74, 6) is -0.766. The topological polar surface area (TPSA) is 148 Å². The van der Waals surface area contributed by atoms with Gasteiger partial charge in [-0.2, -0.15) is 5.26 Å². The van der Waals surface area contributed by atoms with Gasteiger partial charge in [-0.1, -0.05) is 30.3 Å². The van der Waals surface area contributed by atoms with Gasteiger partial charge in [0.1, 0.15) is 6.42 Å². The average Bonchev–Trinajstić information content (AvgIpc) is 2.43. The minimum Gasteiger partial charge on any atom is -0.480 e. The van der Waals surface area contributed by atoms with Crippen LogP contribution in [0.4, 0.5) is 0 Å². The molecule has 0 saturated carbocycles. The van der Waals surface area contributed by atoms with Crippen molar-refractivity contribution in [3.05, 3.63) is 35.9 Å². The first kappa shape index (κ1) is 21.9. The number of hydrogen-bond donors (Lipinski definition) is 2. The second-order valence-electron chi connectivity index (χ2n) is 4.49. The third kappa shape index (κ3) is 8.68. The number of carbonyl (C=O) groups is 2. The highest BCUT2D eigenvalue weighted by molar-refractivity contribution is 5.76. The Balaban J connectivity index is 0. The number of carboxylic acids is 1. The number of piperidine rings is 1. The lowest BCUT2D eigenvalue weighted by molar-refractivity contribution is -0.136. The summed E-state index contributed by atoms with van der Waals surface area (Å²) in [4.78, 5) is 22.9. The first-order chi connectivity index (χ1) is 9.63. The first-order valence-electron chi connectivity index (χ1n) is 6.54. The predicted molar refractivity (Wildman–Crippen MR) is 82.2 cm³/mol. The van der Waals surface area contributed by atoms with E-state index in [0.29, 0.717) is 5.91 Å². The van der Waals surface area contributed by atoms with Gasteiger partial charge in [0.15, 0.2) is 0 Å². The zero-order valence-electron chi connectivity index (χ0n) is 12.5. The summed E-state index contributed by atoms with van der Waals surface area (Å²) in [6.45, 7) is 1.70. The number of benzene rings is 1. The molecule has 1 amide bonds. The lowest BCUT2D eigenvalue weighted by Gasteiger charge is -2.26. The minimum atomic E-state index is -1.07. The molecule has 1 aliphatic heterocycles. The maximum Gasteiger partial charge on any atom is 0.317 e. The van der Waals surface area contributed by atoms with Crippen molar-refractivity contribution in [1.29, 1.82) is 5.26 Å². The smallest absolute Gasteiger partial charge is 0.317 e. The van der Waals surface area contributed by atoms with Gasteiger partial charge in [0, 0.05) is 19.5 Å². The number of nitriles is 1. The monoisotopic (exact) mass is 309 g/mol. The second-order valence-corrected chi connectivity index (χ2v) is 4.49. The molecule has 7 heteroatoms. The van der Waals surface area contributed by atoms with E-state index in [1.165, 1.54) is 11.6 Å². The molecule has 1 saturated heterocycles. The summed E-state index contributed by atoms with van der Waals surface area (Å²) < 4.78 is 0. The number of hydrogen-bond acceptors (Lipinski definition) is 4. The minimum absolute atomic E-state index is 0. The van der Waals surface area contributed by atoms with E-state index >= 15 is 0 Å². The zero-order chi connectivity index (χ0) is 14.8. The quantitative estimate of drug-likeness (QED) is 0.868. The molecule has 0 atom stereocenters. The number of amides is 1.